The molecule has 0 aliphatic heterocycles. The highest BCUT2D eigenvalue weighted by Gasteiger charge is 2.00. The van der Waals surface area contributed by atoms with Gasteiger partial charge in [0.05, 0.1) is 0 Å². The molecular formula is C17H24IN3. The molecule has 0 aliphatic rings. The molecule has 0 unspecified atom stereocenters. The minimum Gasteiger partial charge on any atom is -0.370 e. The van der Waals surface area contributed by atoms with Crippen molar-refractivity contribution in [3.63, 3.8) is 0 Å². The van der Waals surface area contributed by atoms with E-state index in [1.54, 1.807) is 0 Å². The first-order valence-corrected chi connectivity index (χ1v) is 7.31. The number of benzene rings is 2. The number of hydrogen-bond acceptors (Lipinski definition) is 1. The Morgan fingerprint density at radius 1 is 1.14 bits per heavy atom. The second kappa shape index (κ2) is 9.60. The average Bonchev–Trinajstić information content (AvgIpc) is 2.48. The predicted molar refractivity (Wildman–Crippen MR) is 102 cm³/mol. The first-order chi connectivity index (χ1) is 9.81. The van der Waals surface area contributed by atoms with Crippen LogP contribution in [-0.4, -0.2) is 19.0 Å². The van der Waals surface area contributed by atoms with Crippen LogP contribution in [0.4, 0.5) is 0 Å². The Bertz CT molecular complexity index is 576. The van der Waals surface area contributed by atoms with Gasteiger partial charge in [-0.05, 0) is 29.2 Å². The molecule has 21 heavy (non-hydrogen) atoms. The number of nitrogens with one attached hydrogen (secondary N) is 1. The Hall–Kier alpha value is -1.30. The fraction of sp³-hybridized carbons (Fsp3) is 0.353. The predicted octanol–water partition coefficient (Wildman–Crippen LogP) is 3.70. The molecule has 3 nitrogen and oxygen atoms in total. The summed E-state index contributed by atoms with van der Waals surface area (Å²) in [4.78, 5) is 4.29. The summed E-state index contributed by atoms with van der Waals surface area (Å²) in [5.41, 5.74) is 7.17. The average molecular weight is 397 g/mol. The number of aliphatic imine (C=N–C) groups is 1. The lowest BCUT2D eigenvalue weighted by atomic mass is 10.0. The maximum atomic E-state index is 5.83. The lowest BCUT2D eigenvalue weighted by Gasteiger charge is -2.08. The van der Waals surface area contributed by atoms with Gasteiger partial charge in [0.15, 0.2) is 5.96 Å². The van der Waals surface area contributed by atoms with Crippen LogP contribution in [0.2, 0.25) is 0 Å². The van der Waals surface area contributed by atoms with Crippen molar-refractivity contribution in [3.05, 3.63) is 48.0 Å². The van der Waals surface area contributed by atoms with Gasteiger partial charge in [-0.15, -0.1) is 24.0 Å². The van der Waals surface area contributed by atoms with Crippen molar-refractivity contribution in [2.75, 3.05) is 13.1 Å². The highest BCUT2D eigenvalue weighted by molar-refractivity contribution is 14.0. The summed E-state index contributed by atoms with van der Waals surface area (Å²) in [5.74, 6) is 0.554. The molecule has 2 aromatic rings. The van der Waals surface area contributed by atoms with Crippen LogP contribution in [0, 0.1) is 0 Å². The van der Waals surface area contributed by atoms with Gasteiger partial charge in [0.1, 0.15) is 0 Å². The Morgan fingerprint density at radius 3 is 2.71 bits per heavy atom. The van der Waals surface area contributed by atoms with Gasteiger partial charge >= 0.3 is 0 Å². The van der Waals surface area contributed by atoms with Gasteiger partial charge in [0.2, 0.25) is 0 Å². The standard InChI is InChI=1S/C17H23N3.HI/c1-2-3-12-19-17(18)20-13-11-15-9-6-8-14-7-4-5-10-16(14)15;/h4-10H,2-3,11-13H2,1H3,(H3,18,19,20);1H. The quantitative estimate of drug-likeness (QED) is 0.338. The van der Waals surface area contributed by atoms with E-state index in [4.69, 9.17) is 5.73 Å². The summed E-state index contributed by atoms with van der Waals surface area (Å²) < 4.78 is 0. The molecule has 0 fully saturated rings. The van der Waals surface area contributed by atoms with Crippen molar-refractivity contribution in [1.29, 1.82) is 0 Å². The highest BCUT2D eigenvalue weighted by atomic mass is 127. The molecule has 0 amide bonds. The SMILES string of the molecule is CCCCN=C(N)NCCc1cccc2ccccc12.I. The molecule has 0 aliphatic carbocycles. The van der Waals surface area contributed by atoms with E-state index in [1.165, 1.54) is 16.3 Å². The third kappa shape index (κ3) is 5.53. The number of rotatable bonds is 6. The molecule has 0 atom stereocenters. The first kappa shape index (κ1) is 17.8. The summed E-state index contributed by atoms with van der Waals surface area (Å²) in [7, 11) is 0. The lowest BCUT2D eigenvalue weighted by Crippen LogP contribution is -2.33. The van der Waals surface area contributed by atoms with E-state index in [0.29, 0.717) is 5.96 Å². The van der Waals surface area contributed by atoms with Crippen LogP contribution in [0.3, 0.4) is 0 Å². The largest absolute Gasteiger partial charge is 0.370 e. The van der Waals surface area contributed by atoms with Crippen molar-refractivity contribution in [2.45, 2.75) is 26.2 Å². The molecule has 2 aromatic carbocycles. The van der Waals surface area contributed by atoms with E-state index in [2.05, 4.69) is 59.7 Å². The number of halogens is 1. The van der Waals surface area contributed by atoms with Crippen molar-refractivity contribution < 1.29 is 0 Å². The zero-order valence-electron chi connectivity index (χ0n) is 12.5. The van der Waals surface area contributed by atoms with Crippen LogP contribution < -0.4 is 11.1 Å². The molecule has 2 rings (SSSR count). The lowest BCUT2D eigenvalue weighted by molar-refractivity contribution is 0.791. The number of unbranched alkanes of at least 4 members (excludes halogenated alkanes) is 1. The smallest absolute Gasteiger partial charge is 0.188 e. The number of hydrogen-bond donors (Lipinski definition) is 2. The topological polar surface area (TPSA) is 50.4 Å². The third-order valence-corrected chi connectivity index (χ3v) is 3.37. The maximum absolute atomic E-state index is 5.83. The maximum Gasteiger partial charge on any atom is 0.188 e. The van der Waals surface area contributed by atoms with Gasteiger partial charge < -0.3 is 11.1 Å². The zero-order chi connectivity index (χ0) is 14.2. The molecule has 0 saturated carbocycles. The Balaban J connectivity index is 0.00000220. The summed E-state index contributed by atoms with van der Waals surface area (Å²) in [6.45, 7) is 3.78. The molecule has 114 valence electrons. The van der Waals surface area contributed by atoms with E-state index in [9.17, 15) is 0 Å². The summed E-state index contributed by atoms with van der Waals surface area (Å²) in [6, 6.07) is 14.9. The van der Waals surface area contributed by atoms with E-state index in [1.807, 2.05) is 0 Å². The van der Waals surface area contributed by atoms with Crippen molar-refractivity contribution in [1.82, 2.24) is 5.32 Å². The summed E-state index contributed by atoms with van der Waals surface area (Å²) in [5, 5.41) is 5.79. The molecule has 4 heteroatoms. The van der Waals surface area contributed by atoms with Crippen LogP contribution in [0.5, 0.6) is 0 Å². The molecule has 0 spiro atoms. The second-order valence-corrected chi connectivity index (χ2v) is 4.94. The minimum atomic E-state index is 0. The molecule has 0 heterocycles. The Labute approximate surface area is 144 Å². The van der Waals surface area contributed by atoms with Gasteiger partial charge in [0, 0.05) is 13.1 Å². The highest BCUT2D eigenvalue weighted by Crippen LogP contribution is 2.18. The van der Waals surface area contributed by atoms with E-state index in [-0.39, 0.29) is 24.0 Å². The molecule has 0 radical (unpaired) electrons. The fourth-order valence-electron chi connectivity index (χ4n) is 2.25. The molecule has 3 N–H and O–H groups in total. The number of nitrogens with two attached hydrogens (primary N) is 1. The Morgan fingerprint density at radius 2 is 1.90 bits per heavy atom. The summed E-state index contributed by atoms with van der Waals surface area (Å²) >= 11 is 0. The number of fused-ring (bicyclic) bond motifs is 1. The zero-order valence-corrected chi connectivity index (χ0v) is 14.8. The number of nitrogens with zero attached hydrogens (tertiary/aromatic N) is 1. The third-order valence-electron chi connectivity index (χ3n) is 3.37. The van der Waals surface area contributed by atoms with Gasteiger partial charge in [-0.25, -0.2) is 0 Å². The van der Waals surface area contributed by atoms with E-state index < -0.39 is 0 Å². The van der Waals surface area contributed by atoms with Crippen LogP contribution >= 0.6 is 24.0 Å². The van der Waals surface area contributed by atoms with Gasteiger partial charge in [0.25, 0.3) is 0 Å². The van der Waals surface area contributed by atoms with Gasteiger partial charge in [-0.1, -0.05) is 55.8 Å². The minimum absolute atomic E-state index is 0. The van der Waals surface area contributed by atoms with Crippen LogP contribution in [0.25, 0.3) is 10.8 Å². The first-order valence-electron chi connectivity index (χ1n) is 7.31. The van der Waals surface area contributed by atoms with Gasteiger partial charge in [-0.2, -0.15) is 0 Å². The molecular weight excluding hydrogens is 373 g/mol. The van der Waals surface area contributed by atoms with Gasteiger partial charge in [-0.3, -0.25) is 4.99 Å². The monoisotopic (exact) mass is 397 g/mol. The van der Waals surface area contributed by atoms with E-state index in [0.717, 1.165) is 32.4 Å². The summed E-state index contributed by atoms with van der Waals surface area (Å²) in [6.07, 6.45) is 3.18. The fourth-order valence-corrected chi connectivity index (χ4v) is 2.25. The molecule has 0 aromatic heterocycles. The van der Waals surface area contributed by atoms with Crippen molar-refractivity contribution in [2.24, 2.45) is 10.7 Å². The second-order valence-electron chi connectivity index (χ2n) is 4.94. The normalized spacial score (nSPS) is 11.2. The van der Waals surface area contributed by atoms with Crippen molar-refractivity contribution >= 4 is 40.7 Å². The van der Waals surface area contributed by atoms with E-state index >= 15 is 0 Å². The van der Waals surface area contributed by atoms with Crippen LogP contribution in [-0.2, 0) is 6.42 Å². The number of guanidine groups is 1. The van der Waals surface area contributed by atoms with Crippen LogP contribution in [0.15, 0.2) is 47.5 Å². The molecule has 0 saturated heterocycles. The van der Waals surface area contributed by atoms with Crippen molar-refractivity contribution in [3.8, 4) is 0 Å². The molecule has 0 bridgehead atoms. The van der Waals surface area contributed by atoms with Crippen LogP contribution in [0.1, 0.15) is 25.3 Å². The Kier molecular flexibility index (Phi) is 8.12.